The van der Waals surface area contributed by atoms with Gasteiger partial charge in [0.2, 0.25) is 0 Å². The van der Waals surface area contributed by atoms with Crippen molar-refractivity contribution in [2.24, 2.45) is 0 Å². The Bertz CT molecular complexity index is 374. The first kappa shape index (κ1) is 17.5. The molecule has 0 aliphatic carbocycles. The van der Waals surface area contributed by atoms with Crippen molar-refractivity contribution in [1.29, 1.82) is 0 Å². The van der Waals surface area contributed by atoms with Crippen molar-refractivity contribution in [2.45, 2.75) is 57.7 Å². The van der Waals surface area contributed by atoms with Crippen LogP contribution in [-0.2, 0) is 0 Å². The molecule has 104 valence electrons. The molecule has 0 heterocycles. The summed E-state index contributed by atoms with van der Waals surface area (Å²) in [5.74, 6) is 10.00. The van der Waals surface area contributed by atoms with E-state index in [0.717, 1.165) is 12.8 Å². The molecule has 2 N–H and O–H groups in total. The second kappa shape index (κ2) is 13.0. The zero-order valence-corrected chi connectivity index (χ0v) is 11.7. The average molecular weight is 260 g/mol. The van der Waals surface area contributed by atoms with Crippen LogP contribution in [0, 0.1) is 23.7 Å². The van der Waals surface area contributed by atoms with Crippen LogP contribution in [0.3, 0.4) is 0 Å². The highest BCUT2D eigenvalue weighted by atomic mass is 16.3. The van der Waals surface area contributed by atoms with Gasteiger partial charge in [-0.15, -0.1) is 0 Å². The SMILES string of the molecule is C=C[C@@H](O)C#CC#C[C@H](O)/C=C\CCCCCCC. The molecule has 0 rings (SSSR count). The summed E-state index contributed by atoms with van der Waals surface area (Å²) in [4.78, 5) is 0. The molecular formula is C17H24O2. The quantitative estimate of drug-likeness (QED) is 0.400. The summed E-state index contributed by atoms with van der Waals surface area (Å²) in [5, 5.41) is 18.6. The van der Waals surface area contributed by atoms with Crippen LogP contribution in [0.2, 0.25) is 0 Å². The zero-order valence-electron chi connectivity index (χ0n) is 11.7. The number of aliphatic hydroxyl groups excluding tert-OH is 2. The van der Waals surface area contributed by atoms with Crippen molar-refractivity contribution >= 4 is 0 Å². The van der Waals surface area contributed by atoms with Gasteiger partial charge in [-0.1, -0.05) is 63.2 Å². The highest BCUT2D eigenvalue weighted by molar-refractivity contribution is 5.31. The Morgan fingerprint density at radius 2 is 1.63 bits per heavy atom. The van der Waals surface area contributed by atoms with E-state index in [0.29, 0.717) is 0 Å². The lowest BCUT2D eigenvalue weighted by atomic mass is 10.1. The molecule has 2 atom stereocenters. The molecule has 0 bridgehead atoms. The van der Waals surface area contributed by atoms with Crippen LogP contribution in [0.4, 0.5) is 0 Å². The largest absolute Gasteiger partial charge is 0.377 e. The van der Waals surface area contributed by atoms with E-state index in [2.05, 4.69) is 37.2 Å². The Kier molecular flexibility index (Phi) is 12.0. The van der Waals surface area contributed by atoms with Crippen LogP contribution in [0.5, 0.6) is 0 Å². The molecule has 0 fully saturated rings. The minimum atomic E-state index is -0.856. The number of aliphatic hydroxyl groups is 2. The predicted octanol–water partition coefficient (Wildman–Crippen LogP) is 2.82. The van der Waals surface area contributed by atoms with Crippen LogP contribution in [-0.4, -0.2) is 22.4 Å². The molecule has 0 aromatic rings. The van der Waals surface area contributed by atoms with E-state index in [9.17, 15) is 5.11 Å². The van der Waals surface area contributed by atoms with Crippen molar-refractivity contribution < 1.29 is 10.2 Å². The summed E-state index contributed by atoms with van der Waals surface area (Å²) >= 11 is 0. The fraction of sp³-hybridized carbons (Fsp3) is 0.529. The molecule has 0 spiro atoms. The van der Waals surface area contributed by atoms with Crippen molar-refractivity contribution in [3.8, 4) is 23.7 Å². The first-order valence-corrected chi connectivity index (χ1v) is 6.87. The lowest BCUT2D eigenvalue weighted by molar-refractivity contribution is 0.280. The zero-order chi connectivity index (χ0) is 14.3. The van der Waals surface area contributed by atoms with E-state index >= 15 is 0 Å². The van der Waals surface area contributed by atoms with E-state index in [4.69, 9.17) is 5.11 Å². The Labute approximate surface area is 117 Å². The molecule has 0 aliphatic rings. The Balaban J connectivity index is 3.78. The summed E-state index contributed by atoms with van der Waals surface area (Å²) < 4.78 is 0. The molecule has 0 amide bonds. The fourth-order valence-electron chi connectivity index (χ4n) is 1.42. The normalized spacial score (nSPS) is 13.0. The summed E-state index contributed by atoms with van der Waals surface area (Å²) in [6.45, 7) is 5.59. The number of hydrogen-bond donors (Lipinski definition) is 2. The minimum absolute atomic E-state index is 0.786. The van der Waals surface area contributed by atoms with Crippen molar-refractivity contribution in [3.05, 3.63) is 24.8 Å². The van der Waals surface area contributed by atoms with Gasteiger partial charge in [0.25, 0.3) is 0 Å². The third kappa shape index (κ3) is 12.8. The molecule has 0 unspecified atom stereocenters. The van der Waals surface area contributed by atoms with Gasteiger partial charge in [-0.2, -0.15) is 0 Å². The number of rotatable bonds is 8. The van der Waals surface area contributed by atoms with Crippen LogP contribution >= 0.6 is 0 Å². The Hall–Kier alpha value is -1.48. The molecule has 0 aromatic carbocycles. The van der Waals surface area contributed by atoms with Crippen molar-refractivity contribution in [2.75, 3.05) is 0 Å². The highest BCUT2D eigenvalue weighted by Gasteiger charge is 1.91. The van der Waals surface area contributed by atoms with E-state index in [1.54, 1.807) is 6.08 Å². The topological polar surface area (TPSA) is 40.5 Å². The van der Waals surface area contributed by atoms with Crippen LogP contribution < -0.4 is 0 Å². The maximum atomic E-state index is 9.50. The highest BCUT2D eigenvalue weighted by Crippen LogP contribution is 2.05. The first-order valence-electron chi connectivity index (χ1n) is 6.87. The standard InChI is InChI=1S/C17H24O2/c1-3-5-6-7-8-9-10-14-17(19)15-12-11-13-16(18)4-2/h4,10,14,16-19H,2-3,5-9H2,1H3/b14-10-/t16-,17-/m1/s1. The van der Waals surface area contributed by atoms with E-state index < -0.39 is 12.2 Å². The molecule has 0 saturated heterocycles. The molecule has 19 heavy (non-hydrogen) atoms. The maximum Gasteiger partial charge on any atom is 0.134 e. The third-order valence-corrected chi connectivity index (χ3v) is 2.52. The number of allylic oxidation sites excluding steroid dienone is 1. The Morgan fingerprint density at radius 1 is 1.00 bits per heavy atom. The smallest absolute Gasteiger partial charge is 0.134 e. The second-order valence-corrected chi connectivity index (χ2v) is 4.30. The monoisotopic (exact) mass is 260 g/mol. The lowest BCUT2D eigenvalue weighted by Crippen LogP contribution is -1.97. The molecule has 0 aliphatic heterocycles. The van der Waals surface area contributed by atoms with Gasteiger partial charge < -0.3 is 10.2 Å². The minimum Gasteiger partial charge on any atom is -0.377 e. The molecule has 2 nitrogen and oxygen atoms in total. The van der Waals surface area contributed by atoms with Crippen molar-refractivity contribution in [3.63, 3.8) is 0 Å². The van der Waals surface area contributed by atoms with Gasteiger partial charge in [-0.25, -0.2) is 0 Å². The van der Waals surface area contributed by atoms with Gasteiger partial charge >= 0.3 is 0 Å². The molecule has 0 radical (unpaired) electrons. The summed E-state index contributed by atoms with van der Waals surface area (Å²) in [6.07, 6.45) is 10.5. The number of unbranched alkanes of at least 4 members (excludes halogenated alkanes) is 5. The van der Waals surface area contributed by atoms with Crippen LogP contribution in [0.25, 0.3) is 0 Å². The summed E-state index contributed by atoms with van der Waals surface area (Å²) in [6, 6.07) is 0. The van der Waals surface area contributed by atoms with Gasteiger partial charge in [0.1, 0.15) is 12.2 Å². The lowest BCUT2D eigenvalue weighted by Gasteiger charge is -1.97. The number of hydrogen-bond acceptors (Lipinski definition) is 2. The van der Waals surface area contributed by atoms with Gasteiger partial charge in [-0.05, 0) is 30.8 Å². The van der Waals surface area contributed by atoms with Gasteiger partial charge in [0.15, 0.2) is 0 Å². The molecule has 0 aromatic heterocycles. The van der Waals surface area contributed by atoms with Crippen LogP contribution in [0.15, 0.2) is 24.8 Å². The van der Waals surface area contributed by atoms with Gasteiger partial charge in [-0.3, -0.25) is 0 Å². The second-order valence-electron chi connectivity index (χ2n) is 4.30. The van der Waals surface area contributed by atoms with Gasteiger partial charge in [0.05, 0.1) is 0 Å². The maximum absolute atomic E-state index is 9.50. The molecule has 2 heteroatoms. The molecule has 0 saturated carbocycles. The first-order chi connectivity index (χ1) is 9.20. The van der Waals surface area contributed by atoms with Crippen molar-refractivity contribution in [1.82, 2.24) is 0 Å². The Morgan fingerprint density at radius 3 is 2.26 bits per heavy atom. The van der Waals surface area contributed by atoms with E-state index in [-0.39, 0.29) is 0 Å². The third-order valence-electron chi connectivity index (χ3n) is 2.52. The summed E-state index contributed by atoms with van der Waals surface area (Å²) in [5.41, 5.74) is 0. The average Bonchev–Trinajstić information content (AvgIpc) is 2.42. The predicted molar refractivity (Wildman–Crippen MR) is 80.3 cm³/mol. The van der Waals surface area contributed by atoms with Gasteiger partial charge in [0, 0.05) is 0 Å². The van der Waals surface area contributed by atoms with E-state index in [1.165, 1.54) is 31.8 Å². The molecular weight excluding hydrogens is 236 g/mol. The van der Waals surface area contributed by atoms with Crippen LogP contribution in [0.1, 0.15) is 45.4 Å². The summed E-state index contributed by atoms with van der Waals surface area (Å²) in [7, 11) is 0. The fourth-order valence-corrected chi connectivity index (χ4v) is 1.42. The van der Waals surface area contributed by atoms with E-state index in [1.807, 2.05) is 6.08 Å².